The highest BCUT2D eigenvalue weighted by atomic mass is 16.5. The van der Waals surface area contributed by atoms with Gasteiger partial charge in [0.25, 0.3) is 5.91 Å². The third kappa shape index (κ3) is 4.19. The number of nitrogens with one attached hydrogen (secondary N) is 1. The molecule has 0 unspecified atom stereocenters. The molecule has 24 heavy (non-hydrogen) atoms. The molecule has 0 saturated carbocycles. The smallest absolute Gasteiger partial charge is 0.262 e. The molecule has 5 nitrogen and oxygen atoms in total. The van der Waals surface area contributed by atoms with Crippen LogP contribution in [-0.4, -0.2) is 26.7 Å². The van der Waals surface area contributed by atoms with E-state index in [-0.39, 0.29) is 12.5 Å². The molecule has 5 heteroatoms. The molecule has 0 saturated heterocycles. The molecule has 128 valence electrons. The molecule has 2 rings (SSSR count). The summed E-state index contributed by atoms with van der Waals surface area (Å²) < 4.78 is 16.0. The SMILES string of the molecule is COc1cc(C)c(NC(=O)COc2ccc(C)c(C)c2)cc1OC. The lowest BCUT2D eigenvalue weighted by molar-refractivity contribution is -0.118. The molecule has 2 aromatic rings. The van der Waals surface area contributed by atoms with Gasteiger partial charge in [0.05, 0.1) is 14.2 Å². The molecule has 0 radical (unpaired) electrons. The van der Waals surface area contributed by atoms with Crippen molar-refractivity contribution in [2.45, 2.75) is 20.8 Å². The molecule has 0 aliphatic carbocycles. The number of hydrogen-bond acceptors (Lipinski definition) is 4. The van der Waals surface area contributed by atoms with Gasteiger partial charge in [-0.3, -0.25) is 4.79 Å². The van der Waals surface area contributed by atoms with Crippen LogP contribution in [-0.2, 0) is 4.79 Å². The highest BCUT2D eigenvalue weighted by Crippen LogP contribution is 2.32. The van der Waals surface area contributed by atoms with Crippen LogP contribution in [0.2, 0.25) is 0 Å². The van der Waals surface area contributed by atoms with E-state index in [0.717, 1.165) is 11.1 Å². The van der Waals surface area contributed by atoms with Crippen LogP contribution >= 0.6 is 0 Å². The standard InChI is InChI=1S/C19H23NO4/c1-12-6-7-15(8-13(12)2)24-11-19(21)20-16-10-18(23-5)17(22-4)9-14(16)3/h6-10H,11H2,1-5H3,(H,20,21). The summed E-state index contributed by atoms with van der Waals surface area (Å²) in [6.45, 7) is 5.87. The summed E-state index contributed by atoms with van der Waals surface area (Å²) in [5.74, 6) is 1.63. The van der Waals surface area contributed by atoms with E-state index < -0.39 is 0 Å². The molecular weight excluding hydrogens is 306 g/mol. The van der Waals surface area contributed by atoms with Crippen LogP contribution in [0, 0.1) is 20.8 Å². The van der Waals surface area contributed by atoms with Crippen LogP contribution in [0.15, 0.2) is 30.3 Å². The fourth-order valence-corrected chi connectivity index (χ4v) is 2.25. The van der Waals surface area contributed by atoms with Crippen LogP contribution in [0.5, 0.6) is 17.2 Å². The molecule has 0 atom stereocenters. The van der Waals surface area contributed by atoms with Gasteiger partial charge in [-0.05, 0) is 55.7 Å². The predicted octanol–water partition coefficient (Wildman–Crippen LogP) is 3.65. The van der Waals surface area contributed by atoms with Crippen molar-refractivity contribution in [2.24, 2.45) is 0 Å². The Morgan fingerprint density at radius 3 is 2.21 bits per heavy atom. The topological polar surface area (TPSA) is 56.8 Å². The number of rotatable bonds is 6. The summed E-state index contributed by atoms with van der Waals surface area (Å²) in [5, 5.41) is 2.83. The van der Waals surface area contributed by atoms with Crippen LogP contribution in [0.3, 0.4) is 0 Å². The highest BCUT2D eigenvalue weighted by molar-refractivity contribution is 5.93. The van der Waals surface area contributed by atoms with Crippen LogP contribution in [0.4, 0.5) is 5.69 Å². The van der Waals surface area contributed by atoms with Gasteiger partial charge >= 0.3 is 0 Å². The summed E-state index contributed by atoms with van der Waals surface area (Å²) >= 11 is 0. The zero-order valence-corrected chi connectivity index (χ0v) is 14.7. The van der Waals surface area contributed by atoms with Gasteiger partial charge in [0, 0.05) is 11.8 Å². The Hall–Kier alpha value is -2.69. The lowest BCUT2D eigenvalue weighted by Gasteiger charge is -2.14. The minimum absolute atomic E-state index is 0.0592. The number of methoxy groups -OCH3 is 2. The Labute approximate surface area is 142 Å². The maximum Gasteiger partial charge on any atom is 0.262 e. The number of hydrogen-bond donors (Lipinski definition) is 1. The van der Waals surface area contributed by atoms with E-state index in [2.05, 4.69) is 5.32 Å². The fraction of sp³-hybridized carbons (Fsp3) is 0.316. The quantitative estimate of drug-likeness (QED) is 0.879. The van der Waals surface area contributed by atoms with Crippen molar-refractivity contribution in [2.75, 3.05) is 26.1 Å². The number of aryl methyl sites for hydroxylation is 3. The third-order valence-corrected chi connectivity index (χ3v) is 3.85. The summed E-state index contributed by atoms with van der Waals surface area (Å²) in [7, 11) is 3.13. The molecule has 0 bridgehead atoms. The predicted molar refractivity (Wildman–Crippen MR) is 94.3 cm³/mol. The first-order valence-electron chi connectivity index (χ1n) is 7.67. The normalized spacial score (nSPS) is 10.2. The van der Waals surface area contributed by atoms with Crippen molar-refractivity contribution in [3.8, 4) is 17.2 Å². The molecule has 0 aliphatic heterocycles. The Morgan fingerprint density at radius 1 is 0.917 bits per heavy atom. The lowest BCUT2D eigenvalue weighted by atomic mass is 10.1. The van der Waals surface area contributed by atoms with Crippen LogP contribution in [0.1, 0.15) is 16.7 Å². The Balaban J connectivity index is 2.03. The third-order valence-electron chi connectivity index (χ3n) is 3.85. The van der Waals surface area contributed by atoms with Gasteiger partial charge in [-0.2, -0.15) is 0 Å². The minimum Gasteiger partial charge on any atom is -0.493 e. The zero-order valence-electron chi connectivity index (χ0n) is 14.7. The largest absolute Gasteiger partial charge is 0.493 e. The van der Waals surface area contributed by atoms with E-state index in [0.29, 0.717) is 22.9 Å². The van der Waals surface area contributed by atoms with Crippen LogP contribution in [0.25, 0.3) is 0 Å². The van der Waals surface area contributed by atoms with Gasteiger partial charge in [0.1, 0.15) is 5.75 Å². The first-order chi connectivity index (χ1) is 11.4. The molecule has 0 spiro atoms. The number of anilines is 1. The molecule has 1 amide bonds. The van der Waals surface area contributed by atoms with Gasteiger partial charge < -0.3 is 19.5 Å². The van der Waals surface area contributed by atoms with Crippen molar-refractivity contribution >= 4 is 11.6 Å². The van der Waals surface area contributed by atoms with Gasteiger partial charge in [-0.1, -0.05) is 6.07 Å². The van der Waals surface area contributed by atoms with Gasteiger partial charge in [-0.15, -0.1) is 0 Å². The van der Waals surface area contributed by atoms with Crippen molar-refractivity contribution in [1.29, 1.82) is 0 Å². The Bertz CT molecular complexity index is 740. The molecular formula is C19H23NO4. The molecule has 0 fully saturated rings. The van der Waals surface area contributed by atoms with Crippen molar-refractivity contribution in [3.63, 3.8) is 0 Å². The fourth-order valence-electron chi connectivity index (χ4n) is 2.25. The molecule has 0 aromatic heterocycles. The Kier molecular flexibility index (Phi) is 5.68. The number of amides is 1. The summed E-state index contributed by atoms with van der Waals surface area (Å²) in [4.78, 5) is 12.1. The molecule has 0 heterocycles. The number of carbonyl (C=O) groups excluding carboxylic acids is 1. The van der Waals surface area contributed by atoms with E-state index in [9.17, 15) is 4.79 Å². The van der Waals surface area contributed by atoms with Crippen molar-refractivity contribution < 1.29 is 19.0 Å². The number of carbonyl (C=O) groups is 1. The average molecular weight is 329 g/mol. The van der Waals surface area contributed by atoms with Crippen molar-refractivity contribution in [3.05, 3.63) is 47.0 Å². The van der Waals surface area contributed by atoms with Crippen molar-refractivity contribution in [1.82, 2.24) is 0 Å². The number of benzene rings is 2. The first-order valence-corrected chi connectivity index (χ1v) is 7.67. The van der Waals surface area contributed by atoms with E-state index in [1.807, 2.05) is 45.0 Å². The first kappa shape index (κ1) is 17.7. The second-order valence-corrected chi connectivity index (χ2v) is 5.61. The van der Waals surface area contributed by atoms with Gasteiger partial charge in [0.2, 0.25) is 0 Å². The van der Waals surface area contributed by atoms with E-state index in [1.165, 1.54) is 5.56 Å². The van der Waals surface area contributed by atoms with Gasteiger partial charge in [-0.25, -0.2) is 0 Å². The second-order valence-electron chi connectivity index (χ2n) is 5.61. The minimum atomic E-state index is -0.233. The number of ether oxygens (including phenoxy) is 3. The summed E-state index contributed by atoms with van der Waals surface area (Å²) in [5.41, 5.74) is 3.87. The summed E-state index contributed by atoms with van der Waals surface area (Å²) in [6, 6.07) is 9.31. The van der Waals surface area contributed by atoms with Gasteiger partial charge in [0.15, 0.2) is 18.1 Å². The monoisotopic (exact) mass is 329 g/mol. The van der Waals surface area contributed by atoms with Crippen LogP contribution < -0.4 is 19.5 Å². The molecule has 2 aromatic carbocycles. The van der Waals surface area contributed by atoms with E-state index in [1.54, 1.807) is 20.3 Å². The maximum absolute atomic E-state index is 12.1. The maximum atomic E-state index is 12.1. The summed E-state index contributed by atoms with van der Waals surface area (Å²) in [6.07, 6.45) is 0. The molecule has 1 N–H and O–H groups in total. The van der Waals surface area contributed by atoms with E-state index >= 15 is 0 Å². The Morgan fingerprint density at radius 2 is 1.58 bits per heavy atom. The highest BCUT2D eigenvalue weighted by Gasteiger charge is 2.11. The zero-order chi connectivity index (χ0) is 17.7. The molecule has 0 aliphatic rings. The second kappa shape index (κ2) is 7.73. The lowest BCUT2D eigenvalue weighted by Crippen LogP contribution is -2.20. The average Bonchev–Trinajstić information content (AvgIpc) is 2.57. The van der Waals surface area contributed by atoms with E-state index in [4.69, 9.17) is 14.2 Å².